The predicted molar refractivity (Wildman–Crippen MR) is 136 cm³/mol. The first-order chi connectivity index (χ1) is 16.9. The van der Waals surface area contributed by atoms with Crippen molar-refractivity contribution in [3.8, 4) is 11.5 Å². The quantitative estimate of drug-likeness (QED) is 0.316. The molecule has 0 saturated heterocycles. The van der Waals surface area contributed by atoms with E-state index in [0.29, 0.717) is 40.8 Å². The molecule has 0 aliphatic carbocycles. The van der Waals surface area contributed by atoms with Crippen LogP contribution in [0.15, 0.2) is 64.3 Å². The molecule has 0 spiro atoms. The molecule has 1 aliphatic heterocycles. The first kappa shape index (κ1) is 22.9. The van der Waals surface area contributed by atoms with E-state index < -0.39 is 11.9 Å². The number of anilines is 1. The van der Waals surface area contributed by atoms with Crippen molar-refractivity contribution in [1.82, 2.24) is 4.98 Å². The van der Waals surface area contributed by atoms with Crippen LogP contribution in [0.1, 0.15) is 45.2 Å². The summed E-state index contributed by atoms with van der Waals surface area (Å²) in [5.74, 6) is 0.794. The van der Waals surface area contributed by atoms with Crippen molar-refractivity contribution < 1.29 is 18.7 Å². The lowest BCUT2D eigenvalue weighted by Crippen LogP contribution is -2.29. The topological polar surface area (TPSA) is 81.9 Å². The van der Waals surface area contributed by atoms with E-state index in [4.69, 9.17) is 13.9 Å². The van der Waals surface area contributed by atoms with E-state index in [1.807, 2.05) is 45.0 Å². The Morgan fingerprint density at radius 1 is 1.14 bits per heavy atom. The number of amides is 1. The van der Waals surface area contributed by atoms with E-state index in [9.17, 15) is 9.59 Å². The van der Waals surface area contributed by atoms with Gasteiger partial charge in [-0.25, -0.2) is 4.98 Å². The zero-order valence-corrected chi connectivity index (χ0v) is 20.5. The Morgan fingerprint density at radius 3 is 2.66 bits per heavy atom. The summed E-state index contributed by atoms with van der Waals surface area (Å²) >= 11 is 1.41. The Balaban J connectivity index is 1.74. The minimum Gasteiger partial charge on any atom is -0.494 e. The van der Waals surface area contributed by atoms with Crippen molar-refractivity contribution in [2.45, 2.75) is 26.8 Å². The van der Waals surface area contributed by atoms with E-state index in [-0.39, 0.29) is 16.8 Å². The highest BCUT2D eigenvalue weighted by molar-refractivity contribution is 7.15. The minimum absolute atomic E-state index is 0.0177. The number of benzene rings is 2. The van der Waals surface area contributed by atoms with Crippen molar-refractivity contribution in [2.75, 3.05) is 18.1 Å². The van der Waals surface area contributed by atoms with Crippen molar-refractivity contribution >= 4 is 33.3 Å². The fourth-order valence-corrected chi connectivity index (χ4v) is 5.15. The van der Waals surface area contributed by atoms with Gasteiger partial charge in [-0.05, 0) is 50.6 Å². The molecule has 1 amide bonds. The third-order valence-electron chi connectivity index (χ3n) is 5.92. The van der Waals surface area contributed by atoms with E-state index in [1.165, 1.54) is 11.3 Å². The molecule has 5 rings (SSSR count). The molecule has 0 fully saturated rings. The zero-order chi connectivity index (χ0) is 24.7. The SMILES string of the molecule is C=CCOc1cccc(C2c3c(oc4cc(OCC)ccc4c3=O)C(=O)N2c2nc(C)c(C)s2)c1. The molecule has 178 valence electrons. The number of hydrogen-bond acceptors (Lipinski definition) is 7. The number of aromatic nitrogens is 1. The van der Waals surface area contributed by atoms with Crippen LogP contribution in [0, 0.1) is 13.8 Å². The van der Waals surface area contributed by atoms with Crippen LogP contribution in [0.4, 0.5) is 5.13 Å². The Labute approximate surface area is 206 Å². The number of rotatable bonds is 7. The maximum Gasteiger partial charge on any atom is 0.297 e. The van der Waals surface area contributed by atoms with Gasteiger partial charge in [-0.15, -0.1) is 11.3 Å². The Hall–Kier alpha value is -3.91. The van der Waals surface area contributed by atoms with E-state index >= 15 is 0 Å². The molecular formula is C27H24N2O5S. The number of nitrogens with zero attached hydrogens (tertiary/aromatic N) is 2. The Morgan fingerprint density at radius 2 is 1.94 bits per heavy atom. The lowest BCUT2D eigenvalue weighted by atomic mass is 9.98. The normalized spacial score (nSPS) is 14.9. The standard InChI is InChI=1S/C27H24N2O5S/c1-5-12-33-18-9-7-8-17(13-18)23-22-24(30)20-11-10-19(32-6-2)14-21(20)34-25(22)26(31)29(23)27-28-15(3)16(4)35-27/h5,7-11,13-14,23H,1,6,12H2,2-4H3. The van der Waals surface area contributed by atoms with Gasteiger partial charge in [0, 0.05) is 10.9 Å². The molecule has 3 heterocycles. The number of aryl methyl sites for hydroxylation is 2. The highest BCUT2D eigenvalue weighted by Crippen LogP contribution is 2.43. The first-order valence-corrected chi connectivity index (χ1v) is 12.1. The van der Waals surface area contributed by atoms with Gasteiger partial charge in [0.1, 0.15) is 23.7 Å². The molecule has 2 aromatic carbocycles. The van der Waals surface area contributed by atoms with Gasteiger partial charge in [0.25, 0.3) is 5.91 Å². The van der Waals surface area contributed by atoms with Gasteiger partial charge in [0.05, 0.1) is 29.3 Å². The van der Waals surface area contributed by atoms with E-state index in [2.05, 4.69) is 11.6 Å². The van der Waals surface area contributed by atoms with Crippen molar-refractivity contribution in [3.05, 3.63) is 92.8 Å². The maximum absolute atomic E-state index is 13.8. The lowest BCUT2D eigenvalue weighted by molar-refractivity contribution is 0.0970. The molecule has 0 N–H and O–H groups in total. The van der Waals surface area contributed by atoms with Crippen LogP contribution in [-0.4, -0.2) is 24.1 Å². The van der Waals surface area contributed by atoms with Crippen LogP contribution >= 0.6 is 11.3 Å². The van der Waals surface area contributed by atoms with Crippen LogP contribution in [0.5, 0.6) is 11.5 Å². The van der Waals surface area contributed by atoms with Gasteiger partial charge in [0.15, 0.2) is 10.6 Å². The second-order valence-electron chi connectivity index (χ2n) is 8.15. The van der Waals surface area contributed by atoms with Crippen molar-refractivity contribution in [3.63, 3.8) is 0 Å². The molecule has 1 atom stereocenters. The summed E-state index contributed by atoms with van der Waals surface area (Å²) in [4.78, 5) is 34.7. The Kier molecular flexibility index (Phi) is 5.90. The number of ether oxygens (including phenoxy) is 2. The molecule has 1 unspecified atom stereocenters. The lowest BCUT2D eigenvalue weighted by Gasteiger charge is -2.23. The van der Waals surface area contributed by atoms with E-state index in [1.54, 1.807) is 29.2 Å². The summed E-state index contributed by atoms with van der Waals surface area (Å²) in [6, 6.07) is 11.7. The monoisotopic (exact) mass is 488 g/mol. The third-order valence-corrected chi connectivity index (χ3v) is 6.99. The van der Waals surface area contributed by atoms with Crippen LogP contribution in [0.25, 0.3) is 11.0 Å². The first-order valence-electron chi connectivity index (χ1n) is 11.3. The van der Waals surface area contributed by atoms with Gasteiger partial charge in [-0.1, -0.05) is 24.8 Å². The van der Waals surface area contributed by atoms with Crippen molar-refractivity contribution in [2.24, 2.45) is 0 Å². The molecule has 1 aliphatic rings. The van der Waals surface area contributed by atoms with Gasteiger partial charge in [0.2, 0.25) is 5.76 Å². The summed E-state index contributed by atoms with van der Waals surface area (Å²) in [5, 5.41) is 0.898. The number of hydrogen-bond donors (Lipinski definition) is 0. The molecule has 4 aromatic rings. The summed E-state index contributed by atoms with van der Waals surface area (Å²) < 4.78 is 17.4. The summed E-state index contributed by atoms with van der Waals surface area (Å²) in [5.41, 5.74) is 1.90. The summed E-state index contributed by atoms with van der Waals surface area (Å²) in [7, 11) is 0. The molecule has 0 radical (unpaired) electrons. The van der Waals surface area contributed by atoms with Gasteiger partial charge < -0.3 is 13.9 Å². The Bertz CT molecular complexity index is 1500. The highest BCUT2D eigenvalue weighted by atomic mass is 32.1. The fraction of sp³-hybridized carbons (Fsp3) is 0.222. The van der Waals surface area contributed by atoms with E-state index in [0.717, 1.165) is 16.1 Å². The number of fused-ring (bicyclic) bond motifs is 2. The highest BCUT2D eigenvalue weighted by Gasteiger charge is 2.45. The van der Waals surface area contributed by atoms with Crippen molar-refractivity contribution in [1.29, 1.82) is 0 Å². The summed E-state index contributed by atoms with van der Waals surface area (Å²) in [6.45, 7) is 10.2. The average Bonchev–Trinajstić information content (AvgIpc) is 3.33. The fourth-order valence-electron chi connectivity index (χ4n) is 4.21. The van der Waals surface area contributed by atoms with Crippen LogP contribution in [0.2, 0.25) is 0 Å². The number of carbonyl (C=O) groups is 1. The molecule has 2 aromatic heterocycles. The third kappa shape index (κ3) is 3.89. The van der Waals surface area contributed by atoms with Gasteiger partial charge in [-0.3, -0.25) is 14.5 Å². The minimum atomic E-state index is -0.707. The number of thiazole rings is 1. The van der Waals surface area contributed by atoms with Crippen LogP contribution in [-0.2, 0) is 0 Å². The summed E-state index contributed by atoms with van der Waals surface area (Å²) in [6.07, 6.45) is 1.66. The molecule has 0 saturated carbocycles. The molecular weight excluding hydrogens is 464 g/mol. The van der Waals surface area contributed by atoms with Gasteiger partial charge >= 0.3 is 0 Å². The molecule has 7 nitrogen and oxygen atoms in total. The smallest absolute Gasteiger partial charge is 0.297 e. The molecule has 8 heteroatoms. The van der Waals surface area contributed by atoms with Crippen LogP contribution < -0.4 is 19.8 Å². The maximum atomic E-state index is 13.8. The predicted octanol–water partition coefficient (Wildman–Crippen LogP) is 5.58. The number of carbonyl (C=O) groups excluding carboxylic acids is 1. The largest absolute Gasteiger partial charge is 0.494 e. The second-order valence-corrected chi connectivity index (χ2v) is 9.33. The average molecular weight is 489 g/mol. The second kappa shape index (κ2) is 9.03. The van der Waals surface area contributed by atoms with Crippen LogP contribution in [0.3, 0.4) is 0 Å². The molecule has 35 heavy (non-hydrogen) atoms. The molecule has 0 bridgehead atoms. The van der Waals surface area contributed by atoms with Gasteiger partial charge in [-0.2, -0.15) is 0 Å². The zero-order valence-electron chi connectivity index (χ0n) is 19.7.